The molecule has 0 amide bonds. The van der Waals surface area contributed by atoms with Crippen LogP contribution in [-0.4, -0.2) is 45.2 Å². The number of H-pyrrole nitrogens is 1. The molecule has 7 nitrogen and oxygen atoms in total. The van der Waals surface area contributed by atoms with Crippen LogP contribution in [0.4, 0.5) is 0 Å². The van der Waals surface area contributed by atoms with Crippen molar-refractivity contribution in [2.24, 2.45) is 5.73 Å². The number of hydrogen-bond acceptors (Lipinski definition) is 5. The van der Waals surface area contributed by atoms with Gasteiger partial charge in [-0.3, -0.25) is 5.10 Å². The summed E-state index contributed by atoms with van der Waals surface area (Å²) in [6.45, 7) is 1.56. The summed E-state index contributed by atoms with van der Waals surface area (Å²) in [6, 6.07) is 0. The van der Waals surface area contributed by atoms with E-state index in [1.54, 1.807) is 0 Å². The third-order valence-electron chi connectivity index (χ3n) is 2.12. The molecule has 9 heteroatoms. The van der Waals surface area contributed by atoms with Gasteiger partial charge in [0.25, 0.3) is 0 Å². The van der Waals surface area contributed by atoms with Crippen LogP contribution in [0.2, 0.25) is 0 Å². The third-order valence-corrected chi connectivity index (χ3v) is 4.77. The van der Waals surface area contributed by atoms with Crippen molar-refractivity contribution in [2.45, 2.75) is 18.7 Å². The Balaban J connectivity index is 2.81. The lowest BCUT2D eigenvalue weighted by atomic mass is 10.5. The maximum atomic E-state index is 11.9. The number of aromatic nitrogens is 3. The molecule has 1 aromatic heterocycles. The van der Waals surface area contributed by atoms with Gasteiger partial charge in [0.2, 0.25) is 10.0 Å². The molecule has 0 spiro atoms. The van der Waals surface area contributed by atoms with Crippen molar-refractivity contribution in [3.8, 4) is 0 Å². The summed E-state index contributed by atoms with van der Waals surface area (Å²) in [5.41, 5.74) is 5.32. The molecule has 0 aliphatic heterocycles. The first kappa shape index (κ1) is 13.0. The van der Waals surface area contributed by atoms with E-state index in [-0.39, 0.29) is 11.5 Å². The fourth-order valence-electron chi connectivity index (χ4n) is 1.02. The summed E-state index contributed by atoms with van der Waals surface area (Å²) in [5, 5.41) is 5.31. The van der Waals surface area contributed by atoms with Crippen LogP contribution in [-0.2, 0) is 16.6 Å². The summed E-state index contributed by atoms with van der Waals surface area (Å²) < 4.78 is 24.9. The first-order chi connectivity index (χ1) is 7.35. The molecule has 0 aromatic carbocycles. The van der Waals surface area contributed by atoms with Crippen LogP contribution in [0.25, 0.3) is 0 Å². The molecular weight excluding hydrogens is 250 g/mol. The molecule has 1 aromatic rings. The van der Waals surface area contributed by atoms with Crippen LogP contribution in [0.15, 0.2) is 6.33 Å². The van der Waals surface area contributed by atoms with Crippen LogP contribution >= 0.6 is 12.2 Å². The van der Waals surface area contributed by atoms with Gasteiger partial charge in [0.1, 0.15) is 17.4 Å². The van der Waals surface area contributed by atoms with Gasteiger partial charge in [-0.2, -0.15) is 9.40 Å². The minimum Gasteiger partial charge on any atom is -0.392 e. The number of aromatic amines is 1. The number of thiocarbonyl (C=S) groups is 1. The first-order valence-electron chi connectivity index (χ1n) is 4.44. The molecule has 1 atom stereocenters. The molecule has 90 valence electrons. The highest BCUT2D eigenvalue weighted by atomic mass is 32.2. The minimum atomic E-state index is -3.53. The zero-order valence-corrected chi connectivity index (χ0v) is 10.5. The second kappa shape index (κ2) is 4.85. The molecule has 0 aliphatic rings. The van der Waals surface area contributed by atoms with Gasteiger partial charge in [-0.25, -0.2) is 13.4 Å². The van der Waals surface area contributed by atoms with E-state index in [0.29, 0.717) is 5.82 Å². The van der Waals surface area contributed by atoms with Crippen molar-refractivity contribution in [3.63, 3.8) is 0 Å². The standard InChI is InChI=1S/C7H13N5O2S2/c1-5(7(8)15)16(13,14)12(2)3-6-9-4-10-11-6/h4-5H,3H2,1-2H3,(H2,8,15)(H,9,10,11). The Labute approximate surface area is 99.1 Å². The van der Waals surface area contributed by atoms with Gasteiger partial charge in [0.15, 0.2) is 0 Å². The average Bonchev–Trinajstić information content (AvgIpc) is 2.68. The Kier molecular flexibility index (Phi) is 3.94. The van der Waals surface area contributed by atoms with E-state index in [2.05, 4.69) is 27.4 Å². The highest BCUT2D eigenvalue weighted by molar-refractivity contribution is 7.92. The topological polar surface area (TPSA) is 105 Å². The number of nitrogens with one attached hydrogen (secondary N) is 1. The molecule has 3 N–H and O–H groups in total. The van der Waals surface area contributed by atoms with Gasteiger partial charge in [-0.05, 0) is 6.92 Å². The van der Waals surface area contributed by atoms with Gasteiger partial charge >= 0.3 is 0 Å². The zero-order valence-electron chi connectivity index (χ0n) is 8.91. The molecule has 1 rings (SSSR count). The Hall–Kier alpha value is -1.06. The molecule has 0 fully saturated rings. The van der Waals surface area contributed by atoms with Crippen molar-refractivity contribution in [2.75, 3.05) is 7.05 Å². The van der Waals surface area contributed by atoms with Crippen molar-refractivity contribution < 1.29 is 8.42 Å². The summed E-state index contributed by atoms with van der Waals surface area (Å²) in [5.74, 6) is 0.459. The predicted molar refractivity (Wildman–Crippen MR) is 63.0 cm³/mol. The van der Waals surface area contributed by atoms with Gasteiger partial charge in [0.05, 0.1) is 11.5 Å². The van der Waals surface area contributed by atoms with Crippen molar-refractivity contribution in [3.05, 3.63) is 12.2 Å². The summed E-state index contributed by atoms with van der Waals surface area (Å²) in [4.78, 5) is 3.79. The molecule has 0 saturated carbocycles. The van der Waals surface area contributed by atoms with Crippen LogP contribution < -0.4 is 5.73 Å². The largest absolute Gasteiger partial charge is 0.392 e. The zero-order chi connectivity index (χ0) is 12.3. The lowest BCUT2D eigenvalue weighted by Gasteiger charge is -2.19. The fourth-order valence-corrected chi connectivity index (χ4v) is 2.53. The molecule has 1 unspecified atom stereocenters. The molecule has 1 heterocycles. The summed E-state index contributed by atoms with van der Waals surface area (Å²) in [6.07, 6.45) is 1.31. The highest BCUT2D eigenvalue weighted by Crippen LogP contribution is 2.09. The predicted octanol–water partition coefficient (Wildman–Crippen LogP) is -0.759. The SMILES string of the molecule is CC(C(N)=S)S(=O)(=O)N(C)Cc1ncn[nH]1. The number of nitrogens with two attached hydrogens (primary N) is 1. The van der Waals surface area contributed by atoms with E-state index in [1.807, 2.05) is 0 Å². The maximum Gasteiger partial charge on any atom is 0.223 e. The van der Waals surface area contributed by atoms with Gasteiger partial charge < -0.3 is 5.73 Å². The van der Waals surface area contributed by atoms with Crippen molar-refractivity contribution in [1.82, 2.24) is 19.5 Å². The maximum absolute atomic E-state index is 11.9. The van der Waals surface area contributed by atoms with Gasteiger partial charge in [-0.1, -0.05) is 12.2 Å². The smallest absolute Gasteiger partial charge is 0.223 e. The normalized spacial score (nSPS) is 13.9. The average molecular weight is 263 g/mol. The number of nitrogens with zero attached hydrogens (tertiary/aromatic N) is 3. The lowest BCUT2D eigenvalue weighted by Crippen LogP contribution is -2.40. The molecule has 16 heavy (non-hydrogen) atoms. The van der Waals surface area contributed by atoms with Crippen LogP contribution in [0.1, 0.15) is 12.7 Å². The van der Waals surface area contributed by atoms with E-state index >= 15 is 0 Å². The third kappa shape index (κ3) is 2.74. The van der Waals surface area contributed by atoms with E-state index in [9.17, 15) is 8.42 Å². The van der Waals surface area contributed by atoms with Crippen LogP contribution in [0, 0.1) is 0 Å². The first-order valence-corrected chi connectivity index (χ1v) is 6.35. The number of hydrogen-bond donors (Lipinski definition) is 2. The Morgan fingerprint density at radius 2 is 2.38 bits per heavy atom. The summed E-state index contributed by atoms with van der Waals surface area (Å²) >= 11 is 4.67. The quantitative estimate of drug-likeness (QED) is 0.677. The summed E-state index contributed by atoms with van der Waals surface area (Å²) in [7, 11) is -2.10. The van der Waals surface area contributed by atoms with Crippen molar-refractivity contribution in [1.29, 1.82) is 0 Å². The Morgan fingerprint density at radius 3 is 2.81 bits per heavy atom. The van der Waals surface area contributed by atoms with Crippen molar-refractivity contribution >= 4 is 27.2 Å². The fraction of sp³-hybridized carbons (Fsp3) is 0.571. The Morgan fingerprint density at radius 1 is 1.75 bits per heavy atom. The van der Waals surface area contributed by atoms with E-state index in [1.165, 1.54) is 20.3 Å². The monoisotopic (exact) mass is 263 g/mol. The molecular formula is C7H13N5O2S2. The lowest BCUT2D eigenvalue weighted by molar-refractivity contribution is 0.455. The molecule has 0 bridgehead atoms. The van der Waals surface area contributed by atoms with E-state index in [4.69, 9.17) is 5.73 Å². The van der Waals surface area contributed by atoms with Crippen LogP contribution in [0.5, 0.6) is 0 Å². The van der Waals surface area contributed by atoms with E-state index < -0.39 is 15.3 Å². The Bertz CT molecular complexity index is 455. The molecule has 0 saturated heterocycles. The highest BCUT2D eigenvalue weighted by Gasteiger charge is 2.28. The van der Waals surface area contributed by atoms with Gasteiger partial charge in [0, 0.05) is 7.05 Å². The van der Waals surface area contributed by atoms with Gasteiger partial charge in [-0.15, -0.1) is 0 Å². The molecule has 0 radical (unpaired) electrons. The number of rotatable bonds is 5. The molecule has 0 aliphatic carbocycles. The van der Waals surface area contributed by atoms with Crippen LogP contribution in [0.3, 0.4) is 0 Å². The second-order valence-electron chi connectivity index (χ2n) is 3.28. The number of sulfonamides is 1. The minimum absolute atomic E-state index is 0.0515. The van der Waals surface area contributed by atoms with E-state index in [0.717, 1.165) is 4.31 Å². The second-order valence-corrected chi connectivity index (χ2v) is 6.11.